The van der Waals surface area contributed by atoms with E-state index in [-0.39, 0.29) is 29.5 Å². The minimum atomic E-state index is -0.187. The van der Waals surface area contributed by atoms with Crippen LogP contribution in [0, 0.1) is 6.92 Å². The summed E-state index contributed by atoms with van der Waals surface area (Å²) in [6, 6.07) is 15.3. The number of nitrogens with zero attached hydrogens (tertiary/aromatic N) is 2. The van der Waals surface area contributed by atoms with Crippen LogP contribution in [0.2, 0.25) is 0 Å². The Morgan fingerprint density at radius 2 is 1.52 bits per heavy atom. The number of benzene rings is 2. The third kappa shape index (κ3) is 4.64. The highest BCUT2D eigenvalue weighted by atomic mass is 16.1. The fraction of sp³-hybridized carbons (Fsp3) is 0.182. The van der Waals surface area contributed by atoms with E-state index in [2.05, 4.69) is 9.97 Å². The van der Waals surface area contributed by atoms with Crippen LogP contribution in [0.5, 0.6) is 0 Å². The summed E-state index contributed by atoms with van der Waals surface area (Å²) in [6.45, 7) is 3.56. The number of nitrogens with two attached hydrogens (primary N) is 1. The molecule has 0 bridgehead atoms. The molecule has 0 aliphatic heterocycles. The zero-order chi connectivity index (χ0) is 19.4. The molecular formula is C22H21N3O2. The van der Waals surface area contributed by atoms with Crippen molar-refractivity contribution in [2.75, 3.05) is 5.73 Å². The number of anilines is 1. The van der Waals surface area contributed by atoms with Crippen LogP contribution in [0.4, 0.5) is 5.82 Å². The molecule has 136 valence electrons. The molecule has 0 saturated carbocycles. The lowest BCUT2D eigenvalue weighted by atomic mass is 10.0. The fourth-order valence-corrected chi connectivity index (χ4v) is 2.80. The Labute approximate surface area is 158 Å². The van der Waals surface area contributed by atoms with Crippen LogP contribution in [0.1, 0.15) is 34.1 Å². The molecule has 2 aromatic carbocycles. The number of Topliss-reactive ketones (excluding diaryl/α,β-unsaturated/α-hetero) is 2. The zero-order valence-corrected chi connectivity index (χ0v) is 15.4. The van der Waals surface area contributed by atoms with E-state index in [1.54, 1.807) is 13.1 Å². The Morgan fingerprint density at radius 1 is 0.926 bits per heavy atom. The molecule has 0 aliphatic carbocycles. The average Bonchev–Trinajstić information content (AvgIpc) is 2.64. The largest absolute Gasteiger partial charge is 0.382 e. The van der Waals surface area contributed by atoms with Crippen LogP contribution in [-0.2, 0) is 17.6 Å². The second-order valence-electron chi connectivity index (χ2n) is 6.65. The first-order valence-corrected chi connectivity index (χ1v) is 8.72. The lowest BCUT2D eigenvalue weighted by molar-refractivity contribution is -0.116. The molecular weight excluding hydrogens is 338 g/mol. The molecule has 27 heavy (non-hydrogen) atoms. The summed E-state index contributed by atoms with van der Waals surface area (Å²) in [4.78, 5) is 32.5. The molecule has 1 aromatic heterocycles. The Kier molecular flexibility index (Phi) is 5.41. The number of ketones is 2. The van der Waals surface area contributed by atoms with Crippen LogP contribution in [-0.4, -0.2) is 21.5 Å². The van der Waals surface area contributed by atoms with Crippen LogP contribution in [0.15, 0.2) is 54.7 Å². The maximum absolute atomic E-state index is 12.7. The SMILES string of the molecule is CC(=O)Cc1ccc(CC(=O)c2nc(-c3ccc(C)cc3)cnc2N)cc1. The van der Waals surface area contributed by atoms with Gasteiger partial charge in [0.15, 0.2) is 11.6 Å². The van der Waals surface area contributed by atoms with E-state index < -0.39 is 0 Å². The monoisotopic (exact) mass is 359 g/mol. The minimum absolute atomic E-state index is 0.106. The van der Waals surface area contributed by atoms with E-state index in [1.165, 1.54) is 0 Å². The van der Waals surface area contributed by atoms with Crippen molar-refractivity contribution in [3.8, 4) is 11.3 Å². The standard InChI is InChI=1S/C22H21N3O2/c1-14-3-9-18(10-4-14)19-13-24-22(23)21(25-19)20(27)12-17-7-5-16(6-8-17)11-15(2)26/h3-10,13H,11-12H2,1-2H3,(H2,23,24). The quantitative estimate of drug-likeness (QED) is 0.680. The van der Waals surface area contributed by atoms with Gasteiger partial charge in [0.05, 0.1) is 11.9 Å². The number of nitrogen functional groups attached to an aromatic ring is 1. The Hall–Kier alpha value is -3.34. The van der Waals surface area contributed by atoms with Crippen molar-refractivity contribution in [2.45, 2.75) is 26.7 Å². The molecule has 0 aliphatic rings. The van der Waals surface area contributed by atoms with Gasteiger partial charge in [-0.25, -0.2) is 9.97 Å². The molecule has 3 aromatic rings. The lowest BCUT2D eigenvalue weighted by Gasteiger charge is -2.07. The number of carbonyl (C=O) groups excluding carboxylic acids is 2. The van der Waals surface area contributed by atoms with Gasteiger partial charge >= 0.3 is 0 Å². The molecule has 5 nitrogen and oxygen atoms in total. The van der Waals surface area contributed by atoms with Crippen molar-refractivity contribution in [3.05, 3.63) is 77.1 Å². The molecule has 3 rings (SSSR count). The number of hydrogen-bond acceptors (Lipinski definition) is 5. The van der Waals surface area contributed by atoms with Gasteiger partial charge in [-0.05, 0) is 25.0 Å². The summed E-state index contributed by atoms with van der Waals surface area (Å²) < 4.78 is 0. The summed E-state index contributed by atoms with van der Waals surface area (Å²) in [7, 11) is 0. The third-order valence-corrected chi connectivity index (χ3v) is 4.25. The summed E-state index contributed by atoms with van der Waals surface area (Å²) in [5, 5.41) is 0. The highest BCUT2D eigenvalue weighted by Crippen LogP contribution is 2.20. The molecule has 0 radical (unpaired) electrons. The first-order valence-electron chi connectivity index (χ1n) is 8.72. The number of aryl methyl sites for hydroxylation is 1. The van der Waals surface area contributed by atoms with Gasteiger partial charge in [0.1, 0.15) is 11.5 Å². The van der Waals surface area contributed by atoms with Gasteiger partial charge in [0, 0.05) is 18.4 Å². The number of hydrogen-bond donors (Lipinski definition) is 1. The van der Waals surface area contributed by atoms with Gasteiger partial charge in [0.25, 0.3) is 0 Å². The second-order valence-corrected chi connectivity index (χ2v) is 6.65. The van der Waals surface area contributed by atoms with E-state index >= 15 is 0 Å². The van der Waals surface area contributed by atoms with Crippen molar-refractivity contribution in [2.24, 2.45) is 0 Å². The third-order valence-electron chi connectivity index (χ3n) is 4.25. The molecule has 0 amide bonds. The van der Waals surface area contributed by atoms with Crippen LogP contribution >= 0.6 is 0 Å². The van der Waals surface area contributed by atoms with Crippen molar-refractivity contribution in [1.82, 2.24) is 9.97 Å². The molecule has 0 fully saturated rings. The molecule has 5 heteroatoms. The first-order chi connectivity index (χ1) is 12.9. The van der Waals surface area contributed by atoms with Gasteiger partial charge in [-0.3, -0.25) is 9.59 Å². The lowest BCUT2D eigenvalue weighted by Crippen LogP contribution is -2.12. The Balaban J connectivity index is 1.80. The van der Waals surface area contributed by atoms with E-state index in [9.17, 15) is 9.59 Å². The molecule has 0 spiro atoms. The average molecular weight is 359 g/mol. The summed E-state index contributed by atoms with van der Waals surface area (Å²) in [5.41, 5.74) is 10.5. The second kappa shape index (κ2) is 7.91. The number of aromatic nitrogens is 2. The Bertz CT molecular complexity index is 977. The van der Waals surface area contributed by atoms with Crippen LogP contribution < -0.4 is 5.73 Å². The van der Waals surface area contributed by atoms with Gasteiger partial charge in [-0.2, -0.15) is 0 Å². The molecule has 0 unspecified atom stereocenters. The van der Waals surface area contributed by atoms with Crippen LogP contribution in [0.25, 0.3) is 11.3 Å². The van der Waals surface area contributed by atoms with Crippen molar-refractivity contribution < 1.29 is 9.59 Å². The number of carbonyl (C=O) groups is 2. The van der Waals surface area contributed by atoms with E-state index in [1.807, 2.05) is 55.5 Å². The van der Waals surface area contributed by atoms with E-state index in [4.69, 9.17) is 5.73 Å². The number of rotatable bonds is 6. The highest BCUT2D eigenvalue weighted by molar-refractivity contribution is 5.99. The van der Waals surface area contributed by atoms with Crippen molar-refractivity contribution in [3.63, 3.8) is 0 Å². The molecule has 2 N–H and O–H groups in total. The first kappa shape index (κ1) is 18.5. The van der Waals surface area contributed by atoms with Crippen molar-refractivity contribution in [1.29, 1.82) is 0 Å². The summed E-state index contributed by atoms with van der Waals surface area (Å²) in [5.74, 6) is 0.0483. The maximum Gasteiger partial charge on any atom is 0.189 e. The van der Waals surface area contributed by atoms with Crippen molar-refractivity contribution >= 4 is 17.4 Å². The topological polar surface area (TPSA) is 85.9 Å². The predicted octanol–water partition coefficient (Wildman–Crippen LogP) is 3.59. The minimum Gasteiger partial charge on any atom is -0.382 e. The van der Waals surface area contributed by atoms with Gasteiger partial charge in [0.2, 0.25) is 0 Å². The van der Waals surface area contributed by atoms with Gasteiger partial charge in [-0.1, -0.05) is 54.1 Å². The fourth-order valence-electron chi connectivity index (χ4n) is 2.80. The molecule has 0 saturated heterocycles. The van der Waals surface area contributed by atoms with Gasteiger partial charge in [-0.15, -0.1) is 0 Å². The summed E-state index contributed by atoms with van der Waals surface area (Å²) >= 11 is 0. The van der Waals surface area contributed by atoms with E-state index in [0.29, 0.717) is 12.1 Å². The maximum atomic E-state index is 12.7. The zero-order valence-electron chi connectivity index (χ0n) is 15.4. The van der Waals surface area contributed by atoms with Gasteiger partial charge < -0.3 is 5.73 Å². The van der Waals surface area contributed by atoms with Crippen LogP contribution in [0.3, 0.4) is 0 Å². The Morgan fingerprint density at radius 3 is 2.11 bits per heavy atom. The summed E-state index contributed by atoms with van der Waals surface area (Å²) in [6.07, 6.45) is 2.15. The smallest absolute Gasteiger partial charge is 0.189 e. The van der Waals surface area contributed by atoms with E-state index in [0.717, 1.165) is 22.3 Å². The normalized spacial score (nSPS) is 10.6. The molecule has 1 heterocycles. The molecule has 0 atom stereocenters. The highest BCUT2D eigenvalue weighted by Gasteiger charge is 2.15. The predicted molar refractivity (Wildman–Crippen MR) is 105 cm³/mol.